The van der Waals surface area contributed by atoms with Gasteiger partial charge in [-0.2, -0.15) is 0 Å². The summed E-state index contributed by atoms with van der Waals surface area (Å²) in [6, 6.07) is 37.5. The van der Waals surface area contributed by atoms with Crippen LogP contribution in [0.4, 0.5) is 9.59 Å². The molecule has 0 aliphatic heterocycles. The smallest absolute Gasteiger partial charge is 0.408 e. The Hall–Kier alpha value is -4.92. The summed E-state index contributed by atoms with van der Waals surface area (Å²) < 4.78 is 23.5. The van der Waals surface area contributed by atoms with Gasteiger partial charge < -0.3 is 30.0 Å². The maximum absolute atomic E-state index is 13.1. The highest BCUT2D eigenvalue weighted by Crippen LogP contribution is 2.18. The number of hydrogen-bond donors (Lipinski definition) is 2. The summed E-state index contributed by atoms with van der Waals surface area (Å²) in [6.45, 7) is 0.324. The normalized spacial score (nSPS) is 13.1. The molecule has 4 aromatic rings. The minimum absolute atomic E-state index is 0.0933. The van der Waals surface area contributed by atoms with E-state index in [0.717, 1.165) is 22.3 Å². The molecule has 0 saturated heterocycles. The van der Waals surface area contributed by atoms with Gasteiger partial charge in [-0.05, 0) is 22.3 Å². The first-order chi connectivity index (χ1) is 21.1. The summed E-state index contributed by atoms with van der Waals surface area (Å²) in [6.07, 6.45) is 0.491. The van der Waals surface area contributed by atoms with Crippen molar-refractivity contribution in [1.29, 1.82) is 0 Å². The summed E-state index contributed by atoms with van der Waals surface area (Å²) in [5.74, 6) is 0. The molecule has 4 rings (SSSR count). The summed E-state index contributed by atoms with van der Waals surface area (Å²) in [7, 11) is 0. The van der Waals surface area contributed by atoms with Crippen LogP contribution in [0.15, 0.2) is 127 Å². The number of benzene rings is 4. The summed E-state index contributed by atoms with van der Waals surface area (Å²) in [4.78, 5) is 24.8. The molecule has 2 amide bonds. The van der Waals surface area contributed by atoms with Crippen LogP contribution in [-0.4, -0.2) is 37.0 Å². The van der Waals surface area contributed by atoms with Gasteiger partial charge in [-0.1, -0.05) is 133 Å². The molecule has 0 aromatic heterocycles. The first-order valence-corrected chi connectivity index (χ1v) is 14.0. The lowest BCUT2D eigenvalue weighted by molar-refractivity contribution is -0.111. The van der Waals surface area contributed by atoms with E-state index in [1.165, 1.54) is 0 Å². The average Bonchev–Trinajstić information content (AvgIpc) is 3.05. The second-order valence-electron chi connectivity index (χ2n) is 9.73. The zero-order chi connectivity index (χ0) is 30.1. The Bertz CT molecular complexity index is 1400. The molecule has 0 aliphatic rings. The van der Waals surface area contributed by atoms with E-state index in [-0.39, 0.29) is 26.4 Å². The number of rotatable bonds is 15. The summed E-state index contributed by atoms with van der Waals surface area (Å²) in [5.41, 5.74) is 8.95. The number of nitrogens with one attached hydrogen (secondary N) is 1. The van der Waals surface area contributed by atoms with Crippen molar-refractivity contribution in [3.05, 3.63) is 150 Å². The van der Waals surface area contributed by atoms with Crippen molar-refractivity contribution in [3.8, 4) is 0 Å². The molecule has 0 unspecified atom stereocenters. The predicted octanol–water partition coefficient (Wildman–Crippen LogP) is 6.26. The van der Waals surface area contributed by atoms with E-state index in [2.05, 4.69) is 5.32 Å². The van der Waals surface area contributed by atoms with Gasteiger partial charge in [-0.15, -0.1) is 0 Å². The predicted molar refractivity (Wildman–Crippen MR) is 165 cm³/mol. The van der Waals surface area contributed by atoms with Gasteiger partial charge in [0.15, 0.2) is 0 Å². The highest BCUT2D eigenvalue weighted by Gasteiger charge is 2.33. The van der Waals surface area contributed by atoms with Crippen LogP contribution < -0.4 is 11.1 Å². The average molecular weight is 581 g/mol. The molecular weight excluding hydrogens is 544 g/mol. The zero-order valence-electron chi connectivity index (χ0n) is 23.8. The van der Waals surface area contributed by atoms with E-state index in [1.807, 2.05) is 133 Å². The van der Waals surface area contributed by atoms with E-state index in [9.17, 15) is 9.59 Å². The Labute approximate surface area is 252 Å². The van der Waals surface area contributed by atoms with E-state index in [0.29, 0.717) is 0 Å². The van der Waals surface area contributed by atoms with Crippen LogP contribution >= 0.6 is 0 Å². The number of amides is 2. The number of nitrogens with two attached hydrogens (primary N) is 1. The molecule has 8 heteroatoms. The van der Waals surface area contributed by atoms with Gasteiger partial charge in [-0.3, -0.25) is 0 Å². The van der Waals surface area contributed by atoms with Crippen molar-refractivity contribution in [2.24, 2.45) is 5.73 Å². The molecule has 3 atom stereocenters. The van der Waals surface area contributed by atoms with Gasteiger partial charge in [0.25, 0.3) is 0 Å². The van der Waals surface area contributed by atoms with Crippen molar-refractivity contribution in [2.75, 3.05) is 6.61 Å². The number of carbonyl (C=O) groups excluding carboxylic acids is 2. The maximum Gasteiger partial charge on any atom is 0.408 e. The lowest BCUT2D eigenvalue weighted by atomic mass is 10.0. The number of alkyl carbamates (subject to hydrolysis) is 1. The van der Waals surface area contributed by atoms with Gasteiger partial charge in [0, 0.05) is 0 Å². The Morgan fingerprint density at radius 1 is 0.651 bits per heavy atom. The fourth-order valence-electron chi connectivity index (χ4n) is 4.31. The largest absolute Gasteiger partial charge is 0.447 e. The number of ether oxygens (including phenoxy) is 4. The van der Waals surface area contributed by atoms with Crippen molar-refractivity contribution in [2.45, 2.75) is 38.1 Å². The van der Waals surface area contributed by atoms with Crippen molar-refractivity contribution >= 4 is 18.3 Å². The molecule has 0 bridgehead atoms. The molecule has 3 N–H and O–H groups in total. The lowest BCUT2D eigenvalue weighted by Crippen LogP contribution is -2.51. The number of hydrogen-bond acceptors (Lipinski definition) is 6. The van der Waals surface area contributed by atoms with Gasteiger partial charge in [0.1, 0.15) is 25.4 Å². The Balaban J connectivity index is 1.62. The molecular formula is C35H36N2O6. The van der Waals surface area contributed by atoms with Gasteiger partial charge in [0.05, 0.1) is 19.3 Å². The van der Waals surface area contributed by atoms with E-state index in [4.69, 9.17) is 24.7 Å². The highest BCUT2D eigenvalue weighted by atomic mass is 16.6. The van der Waals surface area contributed by atoms with E-state index < -0.39 is 30.4 Å². The number of carbonyl (C=O) groups is 2. The fourth-order valence-corrected chi connectivity index (χ4v) is 4.31. The molecule has 0 radical (unpaired) electrons. The third-order valence-corrected chi connectivity index (χ3v) is 6.50. The first-order valence-electron chi connectivity index (χ1n) is 14.0. The Morgan fingerprint density at radius 3 is 1.67 bits per heavy atom. The molecule has 8 nitrogen and oxygen atoms in total. The van der Waals surface area contributed by atoms with Crippen LogP contribution in [0.3, 0.4) is 0 Å². The van der Waals surface area contributed by atoms with E-state index in [1.54, 1.807) is 0 Å². The second-order valence-corrected chi connectivity index (χ2v) is 9.73. The summed E-state index contributed by atoms with van der Waals surface area (Å²) >= 11 is 0. The SMILES string of the molecule is NC(=O)OC[C@H](OCc1ccccc1)[C@@H](OCc1ccccc1)[C@@H](C=Cc1ccccc1)NC(=O)OCc1ccccc1. The van der Waals surface area contributed by atoms with Crippen LogP contribution in [0.25, 0.3) is 6.08 Å². The minimum Gasteiger partial charge on any atom is -0.447 e. The van der Waals surface area contributed by atoms with Crippen LogP contribution in [0.5, 0.6) is 0 Å². The molecule has 43 heavy (non-hydrogen) atoms. The van der Waals surface area contributed by atoms with E-state index >= 15 is 0 Å². The second kappa shape index (κ2) is 17.1. The quantitative estimate of drug-likeness (QED) is 0.172. The Kier molecular flexibility index (Phi) is 12.4. The minimum atomic E-state index is -0.943. The standard InChI is InChI=1S/C35H36N2O6/c36-34(38)42-26-32(40-23-28-15-7-2-8-16-28)33(41-24-29-17-9-3-10-18-29)31(22-21-27-13-5-1-6-14-27)37-35(39)43-25-30-19-11-4-12-20-30/h1-22,31-33H,23-26H2,(H2,36,38)(H,37,39)/t31-,32+,33+/m1/s1. The van der Waals surface area contributed by atoms with Crippen LogP contribution in [0.2, 0.25) is 0 Å². The van der Waals surface area contributed by atoms with Gasteiger partial charge >= 0.3 is 12.2 Å². The van der Waals surface area contributed by atoms with Crippen molar-refractivity contribution in [1.82, 2.24) is 5.32 Å². The monoisotopic (exact) mass is 580 g/mol. The molecule has 0 heterocycles. The lowest BCUT2D eigenvalue weighted by Gasteiger charge is -2.32. The molecule has 0 fully saturated rings. The third kappa shape index (κ3) is 11.1. The molecule has 0 aliphatic carbocycles. The molecule has 222 valence electrons. The van der Waals surface area contributed by atoms with Crippen LogP contribution in [0.1, 0.15) is 22.3 Å². The van der Waals surface area contributed by atoms with Crippen molar-refractivity contribution < 1.29 is 28.5 Å². The molecule has 0 spiro atoms. The zero-order valence-corrected chi connectivity index (χ0v) is 23.8. The highest BCUT2D eigenvalue weighted by molar-refractivity contribution is 5.68. The van der Waals surface area contributed by atoms with Gasteiger partial charge in [-0.25, -0.2) is 9.59 Å². The van der Waals surface area contributed by atoms with Crippen LogP contribution in [-0.2, 0) is 38.8 Å². The first kappa shape index (κ1) is 31.0. The Morgan fingerprint density at radius 2 is 1.14 bits per heavy atom. The van der Waals surface area contributed by atoms with Crippen LogP contribution in [0, 0.1) is 0 Å². The maximum atomic E-state index is 13.1. The number of primary amides is 1. The third-order valence-electron chi connectivity index (χ3n) is 6.50. The topological polar surface area (TPSA) is 109 Å². The van der Waals surface area contributed by atoms with Crippen molar-refractivity contribution in [3.63, 3.8) is 0 Å². The summed E-state index contributed by atoms with van der Waals surface area (Å²) in [5, 5.41) is 2.94. The van der Waals surface area contributed by atoms with Gasteiger partial charge in [0.2, 0.25) is 0 Å². The molecule has 4 aromatic carbocycles. The molecule has 0 saturated carbocycles. The fraction of sp³-hybridized carbons (Fsp3) is 0.200.